The summed E-state index contributed by atoms with van der Waals surface area (Å²) < 4.78 is 0. The number of anilines is 1. The van der Waals surface area contributed by atoms with E-state index in [2.05, 4.69) is 38.8 Å². The normalized spacial score (nSPS) is 14.7. The lowest BCUT2D eigenvalue weighted by Crippen LogP contribution is -2.47. The molecule has 154 valence electrons. The Bertz CT molecular complexity index is 1030. The topological polar surface area (TPSA) is 101 Å². The van der Waals surface area contributed by atoms with Crippen molar-refractivity contribution in [3.63, 3.8) is 0 Å². The number of aryl methyl sites for hydroxylation is 1. The molecule has 4 heterocycles. The monoisotopic (exact) mass is 403 g/mol. The maximum absolute atomic E-state index is 12.8. The van der Waals surface area contributed by atoms with Gasteiger partial charge in [0.2, 0.25) is 0 Å². The van der Waals surface area contributed by atoms with Crippen LogP contribution in [0.3, 0.4) is 0 Å². The molecule has 8 heteroatoms. The highest BCUT2D eigenvalue weighted by Gasteiger charge is 2.22. The number of nitrogen functional groups attached to an aromatic ring is 1. The van der Waals surface area contributed by atoms with Crippen LogP contribution >= 0.6 is 0 Å². The molecule has 30 heavy (non-hydrogen) atoms. The molecule has 0 saturated carbocycles. The second-order valence-corrected chi connectivity index (χ2v) is 7.40. The molecule has 1 amide bonds. The van der Waals surface area contributed by atoms with Gasteiger partial charge in [0.15, 0.2) is 0 Å². The molecule has 0 aliphatic carbocycles. The largest absolute Gasteiger partial charge is 0.384 e. The number of hydrogen-bond acceptors (Lipinski definition) is 7. The van der Waals surface area contributed by atoms with Crippen LogP contribution in [0.5, 0.6) is 0 Å². The molecule has 1 aliphatic heterocycles. The van der Waals surface area contributed by atoms with Gasteiger partial charge in [-0.2, -0.15) is 0 Å². The zero-order valence-electron chi connectivity index (χ0n) is 17.2. The van der Waals surface area contributed by atoms with Gasteiger partial charge in [0, 0.05) is 55.3 Å². The Balaban J connectivity index is 1.66. The van der Waals surface area contributed by atoms with Gasteiger partial charge < -0.3 is 15.5 Å². The van der Waals surface area contributed by atoms with Gasteiger partial charge in [-0.15, -0.1) is 0 Å². The molecule has 0 bridgehead atoms. The van der Waals surface area contributed by atoms with Crippen molar-refractivity contribution in [1.29, 1.82) is 0 Å². The number of hydrogen-bond donors (Lipinski definition) is 1. The number of likely N-dealkylation sites (N-methyl/N-ethyl adjacent to an activating group) is 1. The molecule has 3 aromatic heterocycles. The van der Waals surface area contributed by atoms with Crippen LogP contribution in [0, 0.1) is 0 Å². The Morgan fingerprint density at radius 1 is 0.967 bits per heavy atom. The van der Waals surface area contributed by atoms with E-state index in [0.717, 1.165) is 60.7 Å². The summed E-state index contributed by atoms with van der Waals surface area (Å²) >= 11 is 0. The SMILES string of the molecule is CCc1ncnc(-c2ccc(C(=O)N3CCN(C)CC3)nc2)c1-c1ccc(N)nc1. The first-order valence-corrected chi connectivity index (χ1v) is 10.1. The maximum atomic E-state index is 12.8. The minimum atomic E-state index is -0.0328. The number of amides is 1. The molecule has 0 unspecified atom stereocenters. The Kier molecular flexibility index (Phi) is 5.67. The van der Waals surface area contributed by atoms with Crippen LogP contribution in [0.15, 0.2) is 43.0 Å². The van der Waals surface area contributed by atoms with Gasteiger partial charge >= 0.3 is 0 Å². The number of carbonyl (C=O) groups is 1. The molecule has 0 radical (unpaired) electrons. The van der Waals surface area contributed by atoms with Crippen LogP contribution in [-0.2, 0) is 6.42 Å². The van der Waals surface area contributed by atoms with Crippen molar-refractivity contribution >= 4 is 11.7 Å². The molecular formula is C22H25N7O. The number of aromatic nitrogens is 4. The number of pyridine rings is 2. The number of nitrogens with two attached hydrogens (primary N) is 1. The Labute approximate surface area is 175 Å². The molecule has 8 nitrogen and oxygen atoms in total. The molecule has 0 atom stereocenters. The van der Waals surface area contributed by atoms with E-state index in [0.29, 0.717) is 11.5 Å². The first-order valence-electron chi connectivity index (χ1n) is 10.1. The van der Waals surface area contributed by atoms with E-state index in [1.807, 2.05) is 17.0 Å². The van der Waals surface area contributed by atoms with Crippen LogP contribution in [0.25, 0.3) is 22.4 Å². The summed E-state index contributed by atoms with van der Waals surface area (Å²) in [6, 6.07) is 7.35. The van der Waals surface area contributed by atoms with Crippen molar-refractivity contribution in [3.05, 3.63) is 54.4 Å². The first-order chi connectivity index (χ1) is 14.6. The molecule has 0 aromatic carbocycles. The van der Waals surface area contributed by atoms with Gasteiger partial charge in [-0.3, -0.25) is 9.78 Å². The number of carbonyl (C=O) groups excluding carboxylic acids is 1. The second kappa shape index (κ2) is 8.54. The average Bonchev–Trinajstić information content (AvgIpc) is 2.79. The molecule has 2 N–H and O–H groups in total. The minimum absolute atomic E-state index is 0.0328. The van der Waals surface area contributed by atoms with Gasteiger partial charge in [-0.05, 0) is 37.7 Å². The van der Waals surface area contributed by atoms with Gasteiger partial charge in [-0.25, -0.2) is 15.0 Å². The Morgan fingerprint density at radius 3 is 2.33 bits per heavy atom. The van der Waals surface area contributed by atoms with Crippen LogP contribution in [0.4, 0.5) is 5.82 Å². The highest BCUT2D eigenvalue weighted by molar-refractivity contribution is 5.93. The minimum Gasteiger partial charge on any atom is -0.384 e. The molecule has 0 spiro atoms. The van der Waals surface area contributed by atoms with Gasteiger partial charge in [0.1, 0.15) is 17.8 Å². The fraction of sp³-hybridized carbons (Fsp3) is 0.318. The predicted molar refractivity (Wildman–Crippen MR) is 116 cm³/mol. The number of piperazine rings is 1. The van der Waals surface area contributed by atoms with Crippen molar-refractivity contribution in [3.8, 4) is 22.4 Å². The van der Waals surface area contributed by atoms with E-state index in [4.69, 9.17) is 5.73 Å². The smallest absolute Gasteiger partial charge is 0.272 e. The highest BCUT2D eigenvalue weighted by Crippen LogP contribution is 2.32. The van der Waals surface area contributed by atoms with Crippen molar-refractivity contribution in [2.24, 2.45) is 0 Å². The molecular weight excluding hydrogens is 378 g/mol. The molecule has 1 fully saturated rings. The van der Waals surface area contributed by atoms with Crippen molar-refractivity contribution < 1.29 is 4.79 Å². The van der Waals surface area contributed by atoms with E-state index in [1.165, 1.54) is 0 Å². The van der Waals surface area contributed by atoms with Gasteiger partial charge in [-0.1, -0.05) is 6.92 Å². The average molecular weight is 403 g/mol. The predicted octanol–water partition coefficient (Wildman–Crippen LogP) is 2.13. The van der Waals surface area contributed by atoms with Gasteiger partial charge in [0.05, 0.1) is 11.4 Å². The van der Waals surface area contributed by atoms with Crippen LogP contribution in [-0.4, -0.2) is 68.9 Å². The second-order valence-electron chi connectivity index (χ2n) is 7.40. The van der Waals surface area contributed by atoms with E-state index in [1.54, 1.807) is 30.9 Å². The van der Waals surface area contributed by atoms with E-state index >= 15 is 0 Å². The number of nitrogens with zero attached hydrogens (tertiary/aromatic N) is 6. The molecule has 1 saturated heterocycles. The van der Waals surface area contributed by atoms with E-state index < -0.39 is 0 Å². The Hall–Kier alpha value is -3.39. The quantitative estimate of drug-likeness (QED) is 0.712. The summed E-state index contributed by atoms with van der Waals surface area (Å²) in [5, 5.41) is 0. The summed E-state index contributed by atoms with van der Waals surface area (Å²) in [6.07, 6.45) is 5.75. The van der Waals surface area contributed by atoms with Crippen molar-refractivity contribution in [2.45, 2.75) is 13.3 Å². The zero-order chi connectivity index (χ0) is 21.1. The Morgan fingerprint density at radius 2 is 1.70 bits per heavy atom. The van der Waals surface area contributed by atoms with E-state index in [-0.39, 0.29) is 5.91 Å². The van der Waals surface area contributed by atoms with Crippen molar-refractivity contribution in [1.82, 2.24) is 29.7 Å². The third kappa shape index (κ3) is 3.99. The summed E-state index contributed by atoms with van der Waals surface area (Å²) in [6.45, 7) is 5.25. The van der Waals surface area contributed by atoms with Crippen molar-refractivity contribution in [2.75, 3.05) is 39.0 Å². The lowest BCUT2D eigenvalue weighted by Gasteiger charge is -2.32. The fourth-order valence-corrected chi connectivity index (χ4v) is 3.60. The summed E-state index contributed by atoms with van der Waals surface area (Å²) in [7, 11) is 2.06. The lowest BCUT2D eigenvalue weighted by atomic mass is 9.98. The van der Waals surface area contributed by atoms with Crippen LogP contribution in [0.1, 0.15) is 23.1 Å². The fourth-order valence-electron chi connectivity index (χ4n) is 3.60. The summed E-state index contributed by atoms with van der Waals surface area (Å²) in [5.74, 6) is 0.429. The first kappa shape index (κ1) is 19.9. The maximum Gasteiger partial charge on any atom is 0.272 e. The summed E-state index contributed by atoms with van der Waals surface area (Å²) in [4.78, 5) is 34.5. The molecule has 3 aromatic rings. The summed E-state index contributed by atoms with van der Waals surface area (Å²) in [5.41, 5.74) is 10.5. The third-order valence-electron chi connectivity index (χ3n) is 5.38. The molecule has 4 rings (SSSR count). The standard InChI is InChI=1S/C22H25N7O/c1-3-17-20(15-5-7-19(23)25-12-15)21(27-14-26-17)16-4-6-18(24-13-16)22(30)29-10-8-28(2)9-11-29/h4-7,12-14H,3,8-11H2,1-2H3,(H2,23,25). The molecule has 1 aliphatic rings. The van der Waals surface area contributed by atoms with Crippen LogP contribution in [0.2, 0.25) is 0 Å². The lowest BCUT2D eigenvalue weighted by molar-refractivity contribution is 0.0658. The van der Waals surface area contributed by atoms with Crippen LogP contribution < -0.4 is 5.73 Å². The van der Waals surface area contributed by atoms with E-state index in [9.17, 15) is 4.79 Å². The van der Waals surface area contributed by atoms with Gasteiger partial charge in [0.25, 0.3) is 5.91 Å². The third-order valence-corrected chi connectivity index (χ3v) is 5.38. The zero-order valence-corrected chi connectivity index (χ0v) is 17.2. The number of rotatable bonds is 4. The highest BCUT2D eigenvalue weighted by atomic mass is 16.2.